The van der Waals surface area contributed by atoms with E-state index in [1.807, 2.05) is 36.4 Å². The number of aryl methyl sites for hydroxylation is 1. The van der Waals surface area contributed by atoms with E-state index in [1.54, 1.807) is 46.2 Å². The normalized spacial score (nSPS) is 15.1. The molecule has 188 valence electrons. The number of benzene rings is 3. The predicted molar refractivity (Wildman–Crippen MR) is 144 cm³/mol. The number of carbonyl (C=O) groups is 2. The first-order valence-electron chi connectivity index (χ1n) is 11.9. The summed E-state index contributed by atoms with van der Waals surface area (Å²) in [5.74, 6) is 0.425. The van der Waals surface area contributed by atoms with Crippen molar-refractivity contribution in [3.8, 4) is 5.75 Å². The van der Waals surface area contributed by atoms with Gasteiger partial charge in [-0.25, -0.2) is 0 Å². The van der Waals surface area contributed by atoms with Crippen LogP contribution < -0.4 is 15.4 Å². The number of nitrogens with two attached hydrogens (primary N) is 1. The van der Waals surface area contributed by atoms with Gasteiger partial charge in [0.15, 0.2) is 0 Å². The van der Waals surface area contributed by atoms with E-state index in [0.29, 0.717) is 54.0 Å². The zero-order valence-electron chi connectivity index (χ0n) is 19.9. The highest BCUT2D eigenvalue weighted by atomic mass is 35.5. The smallest absolute Gasteiger partial charge is 0.242 e. The van der Waals surface area contributed by atoms with E-state index in [-0.39, 0.29) is 24.4 Å². The lowest BCUT2D eigenvalue weighted by Crippen LogP contribution is -2.43. The molecule has 8 heteroatoms. The molecular formula is C28H29Cl2N3O3. The SMILES string of the molecule is N[C@H]1CCN(C(=O)CN(C(=O)CCc2ccccc2)c2ccc(OCc3ccc(Cl)c(Cl)c3)cc2)C1. The lowest BCUT2D eigenvalue weighted by molar-refractivity contribution is -0.130. The molecule has 1 fully saturated rings. The van der Waals surface area contributed by atoms with Gasteiger partial charge in [-0.1, -0.05) is 59.6 Å². The second kappa shape index (κ2) is 12.3. The molecule has 1 saturated heterocycles. The van der Waals surface area contributed by atoms with Gasteiger partial charge in [-0.2, -0.15) is 0 Å². The minimum atomic E-state index is -0.111. The summed E-state index contributed by atoms with van der Waals surface area (Å²) in [6.45, 7) is 1.44. The summed E-state index contributed by atoms with van der Waals surface area (Å²) in [5.41, 5.74) is 8.59. The van der Waals surface area contributed by atoms with E-state index in [1.165, 1.54) is 0 Å². The third kappa shape index (κ3) is 7.00. The van der Waals surface area contributed by atoms with Gasteiger partial charge in [0.1, 0.15) is 18.9 Å². The molecule has 1 aliphatic heterocycles. The van der Waals surface area contributed by atoms with Crippen LogP contribution in [0, 0.1) is 0 Å². The number of halogens is 2. The molecule has 0 bridgehead atoms. The van der Waals surface area contributed by atoms with Crippen molar-refractivity contribution in [2.75, 3.05) is 24.5 Å². The summed E-state index contributed by atoms with van der Waals surface area (Å²) < 4.78 is 5.87. The van der Waals surface area contributed by atoms with Crippen LogP contribution in [0.15, 0.2) is 72.8 Å². The lowest BCUT2D eigenvalue weighted by atomic mass is 10.1. The molecule has 4 rings (SSSR count). The summed E-state index contributed by atoms with van der Waals surface area (Å²) in [4.78, 5) is 29.5. The van der Waals surface area contributed by atoms with Crippen molar-refractivity contribution < 1.29 is 14.3 Å². The molecule has 0 radical (unpaired) electrons. The molecule has 0 aromatic heterocycles. The Hall–Kier alpha value is -3.06. The van der Waals surface area contributed by atoms with Crippen LogP contribution in [0.4, 0.5) is 5.69 Å². The Bertz CT molecular complexity index is 1190. The Morgan fingerprint density at radius 3 is 2.39 bits per heavy atom. The number of nitrogens with zero attached hydrogens (tertiary/aromatic N) is 2. The van der Waals surface area contributed by atoms with Crippen molar-refractivity contribution in [1.29, 1.82) is 0 Å². The number of ether oxygens (including phenoxy) is 1. The molecule has 1 heterocycles. The minimum absolute atomic E-state index is 0.0110. The quantitative estimate of drug-likeness (QED) is 0.421. The number of rotatable bonds is 9. The molecule has 1 atom stereocenters. The van der Waals surface area contributed by atoms with Crippen molar-refractivity contribution in [2.45, 2.75) is 31.9 Å². The van der Waals surface area contributed by atoms with Crippen molar-refractivity contribution in [3.05, 3.63) is 94.0 Å². The Morgan fingerprint density at radius 2 is 1.72 bits per heavy atom. The molecule has 3 aromatic carbocycles. The Kier molecular flexibility index (Phi) is 8.86. The van der Waals surface area contributed by atoms with Crippen molar-refractivity contribution in [1.82, 2.24) is 4.90 Å². The van der Waals surface area contributed by atoms with Crippen molar-refractivity contribution >= 4 is 40.7 Å². The Morgan fingerprint density at radius 1 is 0.972 bits per heavy atom. The van der Waals surface area contributed by atoms with Crippen LogP contribution in [-0.4, -0.2) is 42.4 Å². The van der Waals surface area contributed by atoms with Gasteiger partial charge >= 0.3 is 0 Å². The number of hydrogen-bond donors (Lipinski definition) is 1. The standard InChI is InChI=1S/C28H29Cl2N3O3/c29-25-12-6-21(16-26(25)30)19-36-24-10-8-23(9-11-24)33(18-28(35)32-15-14-22(31)17-32)27(34)13-7-20-4-2-1-3-5-20/h1-6,8-12,16,22H,7,13-15,17-19,31H2/t22-/m0/s1. The number of amides is 2. The largest absolute Gasteiger partial charge is 0.489 e. The Labute approximate surface area is 221 Å². The third-order valence-electron chi connectivity index (χ3n) is 6.18. The average molecular weight is 526 g/mol. The molecule has 0 unspecified atom stereocenters. The number of anilines is 1. The highest BCUT2D eigenvalue weighted by molar-refractivity contribution is 6.42. The molecule has 1 aliphatic rings. The van der Waals surface area contributed by atoms with Crippen LogP contribution >= 0.6 is 23.2 Å². The van der Waals surface area contributed by atoms with Crippen molar-refractivity contribution in [2.24, 2.45) is 5.73 Å². The Balaban J connectivity index is 1.44. The number of hydrogen-bond acceptors (Lipinski definition) is 4. The molecule has 0 aliphatic carbocycles. The first kappa shape index (κ1) is 26.0. The van der Waals surface area contributed by atoms with Crippen LogP contribution in [0.1, 0.15) is 24.0 Å². The van der Waals surface area contributed by atoms with Gasteiger partial charge in [0.2, 0.25) is 11.8 Å². The summed E-state index contributed by atoms with van der Waals surface area (Å²) in [6.07, 6.45) is 1.68. The van der Waals surface area contributed by atoms with E-state index >= 15 is 0 Å². The minimum Gasteiger partial charge on any atom is -0.489 e. The molecular weight excluding hydrogens is 497 g/mol. The van der Waals surface area contributed by atoms with Crippen molar-refractivity contribution in [3.63, 3.8) is 0 Å². The molecule has 0 saturated carbocycles. The number of carbonyl (C=O) groups excluding carboxylic acids is 2. The topological polar surface area (TPSA) is 75.9 Å². The molecule has 2 N–H and O–H groups in total. The van der Waals surface area contributed by atoms with E-state index in [4.69, 9.17) is 33.7 Å². The van der Waals surface area contributed by atoms with E-state index < -0.39 is 0 Å². The average Bonchev–Trinajstić information content (AvgIpc) is 3.34. The van der Waals surface area contributed by atoms with Gasteiger partial charge in [0.25, 0.3) is 0 Å². The van der Waals surface area contributed by atoms with Crippen LogP contribution in [0.2, 0.25) is 10.0 Å². The fourth-order valence-electron chi connectivity index (χ4n) is 4.12. The summed E-state index contributed by atoms with van der Waals surface area (Å²) in [6, 6.07) is 22.4. The molecule has 0 spiro atoms. The fourth-order valence-corrected chi connectivity index (χ4v) is 4.44. The van der Waals surface area contributed by atoms with Crippen LogP contribution in [0.3, 0.4) is 0 Å². The van der Waals surface area contributed by atoms with E-state index in [0.717, 1.165) is 17.5 Å². The van der Waals surface area contributed by atoms with Gasteiger partial charge in [0, 0.05) is 31.2 Å². The zero-order chi connectivity index (χ0) is 25.5. The maximum absolute atomic E-state index is 13.3. The summed E-state index contributed by atoms with van der Waals surface area (Å²) in [7, 11) is 0. The van der Waals surface area contributed by atoms with Gasteiger partial charge in [-0.3, -0.25) is 9.59 Å². The summed E-state index contributed by atoms with van der Waals surface area (Å²) >= 11 is 12.1. The maximum Gasteiger partial charge on any atom is 0.242 e. The molecule has 36 heavy (non-hydrogen) atoms. The third-order valence-corrected chi connectivity index (χ3v) is 6.92. The van der Waals surface area contributed by atoms with E-state index in [2.05, 4.69) is 0 Å². The van der Waals surface area contributed by atoms with Gasteiger partial charge in [-0.05, 0) is 60.4 Å². The fraction of sp³-hybridized carbons (Fsp3) is 0.286. The molecule has 3 aromatic rings. The zero-order valence-corrected chi connectivity index (χ0v) is 21.4. The number of likely N-dealkylation sites (tertiary alicyclic amines) is 1. The maximum atomic E-state index is 13.3. The first-order chi connectivity index (χ1) is 17.4. The highest BCUT2D eigenvalue weighted by Crippen LogP contribution is 2.25. The van der Waals surface area contributed by atoms with Crippen LogP contribution in [0.5, 0.6) is 5.75 Å². The lowest BCUT2D eigenvalue weighted by Gasteiger charge is -2.25. The van der Waals surface area contributed by atoms with Gasteiger partial charge in [0.05, 0.1) is 10.0 Å². The second-order valence-corrected chi connectivity index (χ2v) is 9.70. The van der Waals surface area contributed by atoms with Crippen LogP contribution in [-0.2, 0) is 22.6 Å². The first-order valence-corrected chi connectivity index (χ1v) is 12.7. The molecule has 2 amide bonds. The monoisotopic (exact) mass is 525 g/mol. The highest BCUT2D eigenvalue weighted by Gasteiger charge is 2.27. The van der Waals surface area contributed by atoms with E-state index in [9.17, 15) is 9.59 Å². The summed E-state index contributed by atoms with van der Waals surface area (Å²) in [5, 5.41) is 0.966. The second-order valence-electron chi connectivity index (χ2n) is 8.89. The van der Waals surface area contributed by atoms with Gasteiger partial charge < -0.3 is 20.3 Å². The molecule has 6 nitrogen and oxygen atoms in total. The van der Waals surface area contributed by atoms with Gasteiger partial charge in [-0.15, -0.1) is 0 Å². The predicted octanol–water partition coefficient (Wildman–Crippen LogP) is 5.10. The van der Waals surface area contributed by atoms with Crippen LogP contribution in [0.25, 0.3) is 0 Å².